The fourth-order valence-corrected chi connectivity index (χ4v) is 1.21. The average Bonchev–Trinajstić information content (AvgIpc) is 2.15. The van der Waals surface area contributed by atoms with Crippen LogP contribution in [0, 0.1) is 0 Å². The molecular formula is C9H6AlO7. The van der Waals surface area contributed by atoms with E-state index in [-0.39, 0.29) is 17.4 Å². The van der Waals surface area contributed by atoms with Gasteiger partial charge in [-0.2, -0.15) is 0 Å². The molecule has 0 fully saturated rings. The number of rotatable bonds is 3. The monoisotopic (exact) mass is 253 g/mol. The molecule has 0 atom stereocenters. The maximum absolute atomic E-state index is 10.8. The van der Waals surface area contributed by atoms with Crippen LogP contribution in [0.1, 0.15) is 31.1 Å². The Morgan fingerprint density at radius 2 is 1.29 bits per heavy atom. The summed E-state index contributed by atoms with van der Waals surface area (Å²) in [7, 11) is 0. The third-order valence-corrected chi connectivity index (χ3v) is 1.84. The second-order valence-corrected chi connectivity index (χ2v) is 2.80. The van der Waals surface area contributed by atoms with Gasteiger partial charge in [-0.15, -0.1) is 0 Å². The van der Waals surface area contributed by atoms with E-state index < -0.39 is 40.3 Å². The average molecular weight is 253 g/mol. The van der Waals surface area contributed by atoms with Gasteiger partial charge in [-0.3, -0.25) is 0 Å². The lowest BCUT2D eigenvalue weighted by Crippen LogP contribution is -2.14. The van der Waals surface area contributed by atoms with E-state index in [1.165, 1.54) is 0 Å². The van der Waals surface area contributed by atoms with Gasteiger partial charge in [0.05, 0.1) is 11.1 Å². The zero-order chi connectivity index (χ0) is 12.5. The predicted molar refractivity (Wildman–Crippen MR) is 54.7 cm³/mol. The predicted octanol–water partition coefficient (Wildman–Crippen LogP) is 0.106. The van der Waals surface area contributed by atoms with E-state index >= 15 is 0 Å². The fraction of sp³-hybridized carbons (Fsp3) is 0. The normalized spacial score (nSPS) is 9.18. The summed E-state index contributed by atoms with van der Waals surface area (Å²) < 4.78 is 0. The first-order valence-electron chi connectivity index (χ1n) is 3.92. The Bertz CT molecular complexity index is 494. The van der Waals surface area contributed by atoms with Crippen molar-refractivity contribution in [2.45, 2.75) is 0 Å². The van der Waals surface area contributed by atoms with Crippen LogP contribution in [0.5, 0.6) is 5.75 Å². The molecule has 1 aromatic rings. The van der Waals surface area contributed by atoms with Gasteiger partial charge in [-0.05, 0) is 12.1 Å². The second kappa shape index (κ2) is 5.34. The molecule has 0 aliphatic heterocycles. The first kappa shape index (κ1) is 15.0. The molecule has 0 saturated carbocycles. The van der Waals surface area contributed by atoms with E-state index in [1.807, 2.05) is 0 Å². The molecule has 87 valence electrons. The smallest absolute Gasteiger partial charge is 0.340 e. The summed E-state index contributed by atoms with van der Waals surface area (Å²) >= 11 is 0. The summed E-state index contributed by atoms with van der Waals surface area (Å²) in [6.45, 7) is 0. The van der Waals surface area contributed by atoms with Crippen molar-refractivity contribution in [1.82, 2.24) is 0 Å². The molecule has 4 N–H and O–H groups in total. The minimum atomic E-state index is -1.73. The van der Waals surface area contributed by atoms with Crippen LogP contribution >= 0.6 is 0 Å². The quantitative estimate of drug-likeness (QED) is 0.561. The molecule has 0 aromatic heterocycles. The van der Waals surface area contributed by atoms with Crippen LogP contribution in [0.4, 0.5) is 0 Å². The van der Waals surface area contributed by atoms with Crippen LogP contribution in [0.2, 0.25) is 0 Å². The summed E-state index contributed by atoms with van der Waals surface area (Å²) in [5.74, 6) is -5.82. The maximum Gasteiger partial charge on any atom is 0.340 e. The number of benzene rings is 1. The van der Waals surface area contributed by atoms with Crippen molar-refractivity contribution in [3.05, 3.63) is 28.8 Å². The topological polar surface area (TPSA) is 132 Å². The summed E-state index contributed by atoms with van der Waals surface area (Å²) in [5, 5.41) is 35.3. The molecule has 1 aromatic carbocycles. The molecule has 17 heavy (non-hydrogen) atoms. The molecule has 8 heteroatoms. The Labute approximate surface area is 105 Å². The molecule has 0 amide bonds. The Balaban J connectivity index is 0.00000256. The molecule has 1 rings (SSSR count). The zero-order valence-corrected chi connectivity index (χ0v) is 9.40. The van der Waals surface area contributed by atoms with Gasteiger partial charge in [0.1, 0.15) is 11.3 Å². The minimum Gasteiger partial charge on any atom is -0.507 e. The lowest BCUT2D eigenvalue weighted by Gasteiger charge is -2.07. The number of hydrogen-bond acceptors (Lipinski definition) is 4. The first-order chi connectivity index (χ1) is 7.36. The van der Waals surface area contributed by atoms with Crippen LogP contribution in [0.25, 0.3) is 0 Å². The number of carboxylic acids is 3. The SMILES string of the molecule is O=C(O)c1ccc(O)c(C(=O)O)c1C(=O)O.[Al]. The van der Waals surface area contributed by atoms with Gasteiger partial charge in [0.2, 0.25) is 0 Å². The number of hydrogen-bond donors (Lipinski definition) is 4. The van der Waals surface area contributed by atoms with Crippen molar-refractivity contribution in [2.24, 2.45) is 0 Å². The number of carboxylic acid groups (broad SMARTS) is 3. The highest BCUT2D eigenvalue weighted by Crippen LogP contribution is 2.24. The fourth-order valence-electron chi connectivity index (χ4n) is 1.21. The maximum atomic E-state index is 10.8. The van der Waals surface area contributed by atoms with E-state index in [1.54, 1.807) is 0 Å². The van der Waals surface area contributed by atoms with E-state index in [0.717, 1.165) is 12.1 Å². The molecule has 7 nitrogen and oxygen atoms in total. The Kier molecular flexibility index (Phi) is 4.70. The lowest BCUT2D eigenvalue weighted by atomic mass is 10.00. The van der Waals surface area contributed by atoms with Gasteiger partial charge >= 0.3 is 17.9 Å². The highest BCUT2D eigenvalue weighted by atomic mass is 27.0. The standard InChI is InChI=1S/C9H6O7.Al/c10-4-2-1-3(7(11)12)5(8(13)14)6(4)9(15)16;/h1-2,10H,(H,11,12)(H,13,14)(H,15,16);. The Hall–Kier alpha value is -2.04. The Morgan fingerprint density at radius 1 is 0.824 bits per heavy atom. The van der Waals surface area contributed by atoms with Crippen molar-refractivity contribution >= 4 is 35.3 Å². The van der Waals surface area contributed by atoms with Gasteiger partial charge in [-0.1, -0.05) is 0 Å². The second-order valence-electron chi connectivity index (χ2n) is 2.80. The minimum absolute atomic E-state index is 0. The van der Waals surface area contributed by atoms with Crippen LogP contribution in [0.15, 0.2) is 12.1 Å². The molecule has 3 radical (unpaired) electrons. The summed E-state index contributed by atoms with van der Waals surface area (Å²) in [5.41, 5.74) is -2.57. The van der Waals surface area contributed by atoms with Crippen molar-refractivity contribution < 1.29 is 34.8 Å². The zero-order valence-electron chi connectivity index (χ0n) is 8.25. The van der Waals surface area contributed by atoms with Gasteiger partial charge in [0.15, 0.2) is 0 Å². The molecule has 0 aliphatic carbocycles. The number of phenols is 1. The highest BCUT2D eigenvalue weighted by molar-refractivity contribution is 6.10. The summed E-state index contributed by atoms with van der Waals surface area (Å²) in [4.78, 5) is 32.1. The largest absolute Gasteiger partial charge is 0.507 e. The highest BCUT2D eigenvalue weighted by Gasteiger charge is 2.26. The third-order valence-electron chi connectivity index (χ3n) is 1.84. The van der Waals surface area contributed by atoms with E-state index in [0.29, 0.717) is 0 Å². The summed E-state index contributed by atoms with van der Waals surface area (Å²) in [6.07, 6.45) is 0. The van der Waals surface area contributed by atoms with E-state index in [2.05, 4.69) is 0 Å². The third kappa shape index (κ3) is 2.75. The van der Waals surface area contributed by atoms with E-state index in [9.17, 15) is 19.5 Å². The van der Waals surface area contributed by atoms with Crippen LogP contribution in [-0.2, 0) is 0 Å². The van der Waals surface area contributed by atoms with Gasteiger partial charge in [-0.25, -0.2) is 14.4 Å². The van der Waals surface area contributed by atoms with Gasteiger partial charge in [0, 0.05) is 17.4 Å². The van der Waals surface area contributed by atoms with Crippen molar-refractivity contribution in [2.75, 3.05) is 0 Å². The van der Waals surface area contributed by atoms with Crippen LogP contribution < -0.4 is 0 Å². The van der Waals surface area contributed by atoms with Crippen LogP contribution in [-0.4, -0.2) is 55.7 Å². The number of aromatic hydroxyl groups is 1. The molecule has 0 unspecified atom stereocenters. The molecule has 0 bridgehead atoms. The van der Waals surface area contributed by atoms with Gasteiger partial charge in [0.25, 0.3) is 0 Å². The van der Waals surface area contributed by atoms with E-state index in [4.69, 9.17) is 15.3 Å². The van der Waals surface area contributed by atoms with Crippen molar-refractivity contribution in [3.8, 4) is 5.75 Å². The number of aromatic carboxylic acids is 3. The van der Waals surface area contributed by atoms with Crippen molar-refractivity contribution in [1.29, 1.82) is 0 Å². The number of carbonyl (C=O) groups is 3. The summed E-state index contributed by atoms with van der Waals surface area (Å²) in [6, 6.07) is 1.65. The Morgan fingerprint density at radius 3 is 1.65 bits per heavy atom. The van der Waals surface area contributed by atoms with Crippen LogP contribution in [0.3, 0.4) is 0 Å². The molecule has 0 heterocycles. The lowest BCUT2D eigenvalue weighted by molar-refractivity contribution is 0.0631. The first-order valence-corrected chi connectivity index (χ1v) is 3.92. The molecule has 0 aliphatic rings. The van der Waals surface area contributed by atoms with Crippen molar-refractivity contribution in [3.63, 3.8) is 0 Å². The molecular weight excluding hydrogens is 247 g/mol. The van der Waals surface area contributed by atoms with Gasteiger partial charge < -0.3 is 20.4 Å². The molecule has 0 spiro atoms. The molecule has 0 saturated heterocycles.